The summed E-state index contributed by atoms with van der Waals surface area (Å²) in [6.45, 7) is 1.69. The summed E-state index contributed by atoms with van der Waals surface area (Å²) in [5.41, 5.74) is 1.89. The quantitative estimate of drug-likeness (QED) is 0.260. The first-order chi connectivity index (χ1) is 15.2. The van der Waals surface area contributed by atoms with Crippen LogP contribution in [-0.4, -0.2) is 45.3 Å². The number of esters is 1. The van der Waals surface area contributed by atoms with Gasteiger partial charge < -0.3 is 23.9 Å². The van der Waals surface area contributed by atoms with Crippen LogP contribution < -0.4 is 4.74 Å². The maximum atomic E-state index is 12.5. The highest BCUT2D eigenvalue weighted by Gasteiger charge is 2.31. The average molecular weight is 454 g/mol. The molecule has 0 unspecified atom stereocenters. The van der Waals surface area contributed by atoms with E-state index in [9.17, 15) is 18.0 Å². The standard InChI is InChI=1S/C21H21F3N2O6/c1-13-7-5-10-16(18(25-30-4)20(27)29-3)17(13)12-31-26-19(28-2)14-8-6-9-15(11-14)32-21(22,23)24/h5-11H,12H2,1-4H3/b25-18+,26-19-. The Balaban J connectivity index is 2.29. The molecule has 8 nitrogen and oxygen atoms in total. The molecular formula is C21H21F3N2O6. The summed E-state index contributed by atoms with van der Waals surface area (Å²) in [5, 5.41) is 7.60. The first kappa shape index (κ1) is 24.5. The first-order valence-electron chi connectivity index (χ1n) is 9.08. The number of benzene rings is 2. The van der Waals surface area contributed by atoms with Crippen molar-refractivity contribution in [2.75, 3.05) is 21.3 Å². The van der Waals surface area contributed by atoms with Crippen LogP contribution in [-0.2, 0) is 30.6 Å². The van der Waals surface area contributed by atoms with Crippen LogP contribution in [0.1, 0.15) is 22.3 Å². The lowest BCUT2D eigenvalue weighted by Crippen LogP contribution is -2.20. The zero-order valence-electron chi connectivity index (χ0n) is 17.7. The second-order valence-electron chi connectivity index (χ2n) is 6.16. The summed E-state index contributed by atoms with van der Waals surface area (Å²) < 4.78 is 51.2. The number of carbonyl (C=O) groups excluding carboxylic acids is 1. The van der Waals surface area contributed by atoms with Crippen molar-refractivity contribution in [2.24, 2.45) is 10.3 Å². The molecule has 0 saturated heterocycles. The Morgan fingerprint density at radius 3 is 2.34 bits per heavy atom. The monoisotopic (exact) mass is 454 g/mol. The molecule has 2 rings (SSSR count). The number of nitrogens with zero attached hydrogens (tertiary/aromatic N) is 2. The molecule has 0 aliphatic rings. The van der Waals surface area contributed by atoms with Crippen LogP contribution in [0.4, 0.5) is 13.2 Å². The Morgan fingerprint density at radius 1 is 1.00 bits per heavy atom. The third-order valence-corrected chi connectivity index (χ3v) is 4.09. The predicted octanol–water partition coefficient (Wildman–Crippen LogP) is 3.94. The molecule has 0 aromatic heterocycles. The highest BCUT2D eigenvalue weighted by Crippen LogP contribution is 2.24. The number of aryl methyl sites for hydroxylation is 1. The first-order valence-corrected chi connectivity index (χ1v) is 9.08. The lowest BCUT2D eigenvalue weighted by molar-refractivity contribution is -0.274. The van der Waals surface area contributed by atoms with Gasteiger partial charge >= 0.3 is 12.3 Å². The van der Waals surface area contributed by atoms with Crippen LogP contribution in [0.15, 0.2) is 52.8 Å². The van der Waals surface area contributed by atoms with Gasteiger partial charge in [-0.25, -0.2) is 4.79 Å². The van der Waals surface area contributed by atoms with E-state index >= 15 is 0 Å². The van der Waals surface area contributed by atoms with E-state index in [1.54, 1.807) is 25.1 Å². The number of oxime groups is 2. The number of methoxy groups -OCH3 is 2. The van der Waals surface area contributed by atoms with Crippen LogP contribution >= 0.6 is 0 Å². The fourth-order valence-corrected chi connectivity index (χ4v) is 2.69. The predicted molar refractivity (Wildman–Crippen MR) is 108 cm³/mol. The molecule has 0 spiro atoms. The molecule has 32 heavy (non-hydrogen) atoms. The molecule has 0 aliphatic heterocycles. The Morgan fingerprint density at radius 2 is 1.72 bits per heavy atom. The van der Waals surface area contributed by atoms with E-state index in [4.69, 9.17) is 19.1 Å². The third-order valence-electron chi connectivity index (χ3n) is 4.09. The van der Waals surface area contributed by atoms with E-state index in [2.05, 4.69) is 15.0 Å². The SMILES string of the molecule is CO/N=C(/C(=O)OC)c1cccc(C)c1CO/N=C(\OC)c1cccc(OC(F)(F)F)c1. The van der Waals surface area contributed by atoms with Crippen molar-refractivity contribution in [1.82, 2.24) is 0 Å². The van der Waals surface area contributed by atoms with Gasteiger partial charge in [0.15, 0.2) is 5.71 Å². The second-order valence-corrected chi connectivity index (χ2v) is 6.16. The summed E-state index contributed by atoms with van der Waals surface area (Å²) in [5.74, 6) is -1.22. The maximum Gasteiger partial charge on any atom is 0.573 e. The minimum Gasteiger partial charge on any atom is -0.479 e. The number of ether oxygens (including phenoxy) is 3. The lowest BCUT2D eigenvalue weighted by Gasteiger charge is -2.13. The van der Waals surface area contributed by atoms with Crippen molar-refractivity contribution in [3.8, 4) is 5.75 Å². The van der Waals surface area contributed by atoms with Gasteiger partial charge in [0.05, 0.1) is 14.2 Å². The minimum atomic E-state index is -4.83. The average Bonchev–Trinajstić information content (AvgIpc) is 2.74. The summed E-state index contributed by atoms with van der Waals surface area (Å²) in [7, 11) is 3.80. The molecule has 0 atom stereocenters. The molecule has 0 radical (unpaired) electrons. The molecular weight excluding hydrogens is 433 g/mol. The number of hydrogen-bond donors (Lipinski definition) is 0. The Hall–Kier alpha value is -3.76. The zero-order chi connectivity index (χ0) is 23.7. The molecule has 0 heterocycles. The number of carbonyl (C=O) groups is 1. The molecule has 0 amide bonds. The van der Waals surface area contributed by atoms with Gasteiger partial charge in [-0.15, -0.1) is 13.2 Å². The van der Waals surface area contributed by atoms with E-state index in [1.807, 2.05) is 0 Å². The van der Waals surface area contributed by atoms with Crippen LogP contribution in [0, 0.1) is 6.92 Å². The summed E-state index contributed by atoms with van der Waals surface area (Å²) >= 11 is 0. The van der Waals surface area contributed by atoms with Crippen molar-refractivity contribution in [3.63, 3.8) is 0 Å². The third kappa shape index (κ3) is 6.62. The molecule has 0 saturated carbocycles. The van der Waals surface area contributed by atoms with Gasteiger partial charge in [-0.1, -0.05) is 29.4 Å². The molecule has 0 bridgehead atoms. The summed E-state index contributed by atoms with van der Waals surface area (Å²) in [4.78, 5) is 22.2. The van der Waals surface area contributed by atoms with E-state index < -0.39 is 18.1 Å². The Kier molecular flexibility index (Phi) is 8.45. The van der Waals surface area contributed by atoms with E-state index in [1.165, 1.54) is 33.5 Å². The highest BCUT2D eigenvalue weighted by molar-refractivity contribution is 6.43. The van der Waals surface area contributed by atoms with E-state index in [0.29, 0.717) is 11.1 Å². The topological polar surface area (TPSA) is 87.9 Å². The minimum absolute atomic E-state index is 0.0646. The van der Waals surface area contributed by atoms with Crippen LogP contribution in [0.3, 0.4) is 0 Å². The molecule has 2 aromatic rings. The van der Waals surface area contributed by atoms with Crippen molar-refractivity contribution in [1.29, 1.82) is 0 Å². The number of halogens is 3. The van der Waals surface area contributed by atoms with Crippen molar-refractivity contribution >= 4 is 17.6 Å². The number of alkyl halides is 3. The van der Waals surface area contributed by atoms with E-state index in [-0.39, 0.29) is 23.8 Å². The Bertz CT molecular complexity index is 1010. The smallest absolute Gasteiger partial charge is 0.479 e. The fourth-order valence-electron chi connectivity index (χ4n) is 2.69. The molecule has 172 valence electrons. The number of rotatable bonds is 8. The normalized spacial score (nSPS) is 12.2. The fraction of sp³-hybridized carbons (Fsp3) is 0.286. The summed E-state index contributed by atoms with van der Waals surface area (Å²) in [6.07, 6.45) is -4.83. The highest BCUT2D eigenvalue weighted by atomic mass is 19.4. The van der Waals surface area contributed by atoms with Crippen molar-refractivity contribution in [3.05, 3.63) is 64.7 Å². The van der Waals surface area contributed by atoms with Gasteiger partial charge in [0, 0.05) is 16.7 Å². The molecule has 2 aromatic carbocycles. The maximum absolute atomic E-state index is 12.5. The summed E-state index contributed by atoms with van der Waals surface area (Å²) in [6, 6.07) is 10.2. The van der Waals surface area contributed by atoms with Crippen LogP contribution in [0.5, 0.6) is 5.75 Å². The van der Waals surface area contributed by atoms with Gasteiger partial charge in [0.25, 0.3) is 5.90 Å². The van der Waals surface area contributed by atoms with Gasteiger partial charge in [-0.05, 0) is 35.8 Å². The second kappa shape index (κ2) is 11.0. The van der Waals surface area contributed by atoms with Gasteiger partial charge in [-0.2, -0.15) is 0 Å². The van der Waals surface area contributed by atoms with Crippen LogP contribution in [0.2, 0.25) is 0 Å². The number of hydrogen-bond acceptors (Lipinski definition) is 8. The van der Waals surface area contributed by atoms with Crippen LogP contribution in [0.25, 0.3) is 0 Å². The van der Waals surface area contributed by atoms with Gasteiger partial charge in [-0.3, -0.25) is 0 Å². The molecule has 11 heteroatoms. The van der Waals surface area contributed by atoms with Crippen molar-refractivity contribution < 1.29 is 41.9 Å². The molecule has 0 aliphatic carbocycles. The van der Waals surface area contributed by atoms with Crippen molar-refractivity contribution in [2.45, 2.75) is 19.9 Å². The Labute approximate surface area is 182 Å². The van der Waals surface area contributed by atoms with Gasteiger partial charge in [0.1, 0.15) is 19.5 Å². The zero-order valence-corrected chi connectivity index (χ0v) is 17.7. The lowest BCUT2D eigenvalue weighted by atomic mass is 9.99. The van der Waals surface area contributed by atoms with E-state index in [0.717, 1.165) is 17.7 Å². The van der Waals surface area contributed by atoms with Gasteiger partial charge in [0.2, 0.25) is 0 Å². The largest absolute Gasteiger partial charge is 0.573 e. The molecule has 0 N–H and O–H groups in total. The molecule has 0 fully saturated rings.